The fourth-order valence-corrected chi connectivity index (χ4v) is 9.72. The Morgan fingerprint density at radius 1 is 1.06 bits per heavy atom. The summed E-state index contributed by atoms with van der Waals surface area (Å²) >= 11 is 0. The Morgan fingerprint density at radius 2 is 1.86 bits per heavy atom. The molecule has 0 radical (unpaired) electrons. The number of anilines is 2. The van der Waals surface area contributed by atoms with Gasteiger partial charge >= 0.3 is 5.69 Å². The first-order chi connectivity index (χ1) is 30.8. The molecule has 1 atom stereocenters. The second-order valence-electron chi connectivity index (χ2n) is 17.9. The van der Waals surface area contributed by atoms with E-state index in [4.69, 9.17) is 14.5 Å². The number of ether oxygens (including phenoxy) is 2. The van der Waals surface area contributed by atoms with E-state index in [2.05, 4.69) is 42.5 Å². The maximum Gasteiger partial charge on any atom is 0.329 e. The summed E-state index contributed by atoms with van der Waals surface area (Å²) in [7, 11) is 1.66. The van der Waals surface area contributed by atoms with Crippen molar-refractivity contribution >= 4 is 45.9 Å². The molecule has 0 bridgehead atoms. The van der Waals surface area contributed by atoms with Crippen LogP contribution in [-0.4, -0.2) is 114 Å². The second kappa shape index (κ2) is 17.9. The van der Waals surface area contributed by atoms with Gasteiger partial charge in [0.1, 0.15) is 24.0 Å². The number of piperidine rings is 2. The Balaban J connectivity index is 0.751. The number of halogens is 2. The zero-order chi connectivity index (χ0) is 44.7. The van der Waals surface area contributed by atoms with Crippen molar-refractivity contribution in [3.8, 4) is 11.8 Å². The smallest absolute Gasteiger partial charge is 0.329 e. The van der Waals surface area contributed by atoms with Crippen LogP contribution in [0.4, 0.5) is 20.3 Å². The van der Waals surface area contributed by atoms with E-state index < -0.39 is 30.0 Å². The Labute approximate surface area is 368 Å². The minimum atomic E-state index is -2.87. The van der Waals surface area contributed by atoms with E-state index in [1.54, 1.807) is 30.1 Å². The largest absolute Gasteiger partial charge is 0.372 e. The molecule has 1 unspecified atom stereocenters. The third-order valence-electron chi connectivity index (χ3n) is 13.0. The highest BCUT2D eigenvalue weighted by atomic mass is 19.3. The van der Waals surface area contributed by atoms with Gasteiger partial charge in [-0.2, -0.15) is 10.2 Å². The number of likely N-dealkylation sites (tertiary alicyclic amines) is 1. The number of morpholine rings is 1. The number of hydrogen-bond donors (Lipinski definition) is 2. The molecular formula is C45H53F2N11O6. The molecule has 338 valence electrons. The number of nitrogens with one attached hydrogen (secondary N) is 2. The minimum Gasteiger partial charge on any atom is -0.372 e. The number of aromatic nitrogens is 7. The number of nitrogens with zero attached hydrogens (tertiary/aromatic N) is 9. The lowest BCUT2D eigenvalue weighted by atomic mass is 9.85. The lowest BCUT2D eigenvalue weighted by Crippen LogP contribution is -2.48. The molecule has 3 saturated heterocycles. The molecule has 1 aliphatic carbocycles. The summed E-state index contributed by atoms with van der Waals surface area (Å²) in [6, 6.07) is 6.45. The van der Waals surface area contributed by atoms with Crippen LogP contribution in [0.25, 0.3) is 16.7 Å². The zero-order valence-electron chi connectivity index (χ0n) is 36.3. The summed E-state index contributed by atoms with van der Waals surface area (Å²) in [5, 5.41) is 13.6. The first-order valence-corrected chi connectivity index (χ1v) is 22.1. The quantitative estimate of drug-likeness (QED) is 0.148. The van der Waals surface area contributed by atoms with E-state index in [0.717, 1.165) is 58.2 Å². The summed E-state index contributed by atoms with van der Waals surface area (Å²) in [5.74, 6) is 6.04. The number of rotatable bonds is 10. The number of para-hydroxylation sites is 1. The maximum atomic E-state index is 14.3. The van der Waals surface area contributed by atoms with Gasteiger partial charge < -0.3 is 24.6 Å². The molecule has 1 aromatic carbocycles. The lowest BCUT2D eigenvalue weighted by molar-refractivity contribution is -0.135. The van der Waals surface area contributed by atoms with Gasteiger partial charge in [-0.3, -0.25) is 33.5 Å². The molecule has 4 fully saturated rings. The summed E-state index contributed by atoms with van der Waals surface area (Å²) in [6.45, 7) is 8.86. The van der Waals surface area contributed by atoms with Crippen molar-refractivity contribution in [1.82, 2.24) is 43.7 Å². The molecule has 4 aliphatic rings. The van der Waals surface area contributed by atoms with Gasteiger partial charge in [0.2, 0.25) is 11.8 Å². The molecule has 7 heterocycles. The molecule has 17 nitrogen and oxygen atoms in total. The number of amides is 3. The van der Waals surface area contributed by atoms with Crippen LogP contribution in [0.2, 0.25) is 0 Å². The maximum absolute atomic E-state index is 14.3. The highest BCUT2D eigenvalue weighted by Gasteiger charge is 2.33. The molecule has 3 amide bonds. The zero-order valence-corrected chi connectivity index (χ0v) is 36.3. The Kier molecular flexibility index (Phi) is 12.1. The molecule has 19 heteroatoms. The molecule has 0 spiro atoms. The highest BCUT2D eigenvalue weighted by Crippen LogP contribution is 2.36. The molecular weight excluding hydrogens is 829 g/mol. The summed E-state index contributed by atoms with van der Waals surface area (Å²) in [5.41, 5.74) is 1.21. The van der Waals surface area contributed by atoms with Gasteiger partial charge in [-0.15, -0.1) is 0 Å². The molecule has 4 aromatic heterocycles. The monoisotopic (exact) mass is 881 g/mol. The number of carbonyl (C=O) groups excluding carboxylic acids is 3. The molecule has 2 N–H and O–H groups in total. The number of aryl methyl sites for hydroxylation is 1. The van der Waals surface area contributed by atoms with Crippen molar-refractivity contribution < 1.29 is 32.6 Å². The summed E-state index contributed by atoms with van der Waals surface area (Å²) < 4.78 is 46.7. The van der Waals surface area contributed by atoms with Crippen LogP contribution in [0.15, 0.2) is 47.7 Å². The van der Waals surface area contributed by atoms with Crippen LogP contribution in [-0.2, 0) is 26.1 Å². The Bertz CT molecular complexity index is 2690. The summed E-state index contributed by atoms with van der Waals surface area (Å²) in [4.78, 5) is 60.4. The van der Waals surface area contributed by atoms with E-state index >= 15 is 0 Å². The van der Waals surface area contributed by atoms with Crippen LogP contribution >= 0.6 is 0 Å². The number of benzene rings is 1. The Hall–Kier alpha value is -5.97. The van der Waals surface area contributed by atoms with Crippen LogP contribution in [0.1, 0.15) is 105 Å². The van der Waals surface area contributed by atoms with Crippen LogP contribution < -0.4 is 21.2 Å². The van der Waals surface area contributed by atoms with Crippen molar-refractivity contribution in [2.45, 2.75) is 95.4 Å². The Morgan fingerprint density at radius 3 is 2.61 bits per heavy atom. The second-order valence-corrected chi connectivity index (χ2v) is 17.9. The van der Waals surface area contributed by atoms with Gasteiger partial charge in [-0.25, -0.2) is 23.1 Å². The van der Waals surface area contributed by atoms with Crippen LogP contribution in [0.3, 0.4) is 0 Å². The third-order valence-corrected chi connectivity index (χ3v) is 13.0. The fourth-order valence-electron chi connectivity index (χ4n) is 9.72. The normalized spacial score (nSPS) is 22.2. The summed E-state index contributed by atoms with van der Waals surface area (Å²) in [6.07, 6.45) is 7.54. The minimum absolute atomic E-state index is 0.0188. The number of alkyl halides is 2. The van der Waals surface area contributed by atoms with Crippen molar-refractivity contribution in [2.24, 2.45) is 13.0 Å². The van der Waals surface area contributed by atoms with E-state index in [0.29, 0.717) is 53.7 Å². The van der Waals surface area contributed by atoms with Gasteiger partial charge in [-0.1, -0.05) is 17.9 Å². The lowest BCUT2D eigenvalue weighted by Gasteiger charge is -2.38. The van der Waals surface area contributed by atoms with Crippen molar-refractivity contribution in [1.29, 1.82) is 0 Å². The van der Waals surface area contributed by atoms with Crippen molar-refractivity contribution in [3.05, 3.63) is 70.2 Å². The first kappa shape index (κ1) is 43.3. The SMILES string of the molecule is Cn1c(=O)n(C2CCC(=O)NC2=O)c2cccc(C#CCOC3CCN(C[C@H]4CC[C@H](n5cc(NC(=O)c6cnn7ccc(N8CCOC(C)(C)C8)nc67)c(C(F)F)n5)CC4)CC3)c21. The molecule has 5 aromatic rings. The van der Waals surface area contributed by atoms with Crippen molar-refractivity contribution in [3.63, 3.8) is 0 Å². The van der Waals surface area contributed by atoms with Crippen LogP contribution in [0.5, 0.6) is 0 Å². The van der Waals surface area contributed by atoms with Crippen LogP contribution in [0, 0.1) is 17.8 Å². The first-order valence-electron chi connectivity index (χ1n) is 22.1. The standard InChI is InChI=1S/C45H53F2N11O6/c1-45(2)27-55(21-23-64-45)36-17-20-56-41(50-36)32(24-48-56)42(60)49-33-26-57(52-38(33)40(46)47)30-11-9-28(10-12-30)25-54-18-15-31(16-19-54)63-22-5-7-29-6-4-8-34-39(29)53(3)44(62)58(34)35-13-14-37(59)51-43(35)61/h4,6,8,17,20,24,26,28,30-31,35,40H,9-16,18-19,21-23,25,27H2,1-3H3,(H,49,60)(H,51,59,61)/t28-,30-,35?. The third kappa shape index (κ3) is 8.91. The molecule has 64 heavy (non-hydrogen) atoms. The number of carbonyl (C=O) groups is 3. The van der Waals surface area contributed by atoms with Gasteiger partial charge in [0.05, 0.1) is 52.8 Å². The number of fused-ring (bicyclic) bond motifs is 2. The molecule has 1 saturated carbocycles. The van der Waals surface area contributed by atoms with Gasteiger partial charge in [-0.05, 0) is 82.9 Å². The van der Waals surface area contributed by atoms with E-state index in [-0.39, 0.29) is 60.0 Å². The molecule has 9 rings (SSSR count). The average molecular weight is 882 g/mol. The predicted molar refractivity (Wildman–Crippen MR) is 232 cm³/mol. The average Bonchev–Trinajstić information content (AvgIpc) is 3.97. The van der Waals surface area contributed by atoms with Gasteiger partial charge in [0.15, 0.2) is 11.3 Å². The predicted octanol–water partition coefficient (Wildman–Crippen LogP) is 4.63. The van der Waals surface area contributed by atoms with Crippen molar-refractivity contribution in [2.75, 3.05) is 56.2 Å². The number of imidazole rings is 1. The van der Waals surface area contributed by atoms with E-state index in [1.807, 2.05) is 26.0 Å². The van der Waals surface area contributed by atoms with E-state index in [9.17, 15) is 28.0 Å². The highest BCUT2D eigenvalue weighted by molar-refractivity contribution is 6.08. The van der Waals surface area contributed by atoms with E-state index in [1.165, 1.54) is 26.0 Å². The topological polar surface area (TPSA) is 175 Å². The molecule has 3 aliphatic heterocycles. The van der Waals surface area contributed by atoms with Gasteiger partial charge in [0.25, 0.3) is 12.3 Å². The fraction of sp³-hybridized carbons (Fsp3) is 0.533. The number of imide groups is 1. The van der Waals surface area contributed by atoms with Gasteiger partial charge in [0, 0.05) is 58.6 Å². The number of hydrogen-bond acceptors (Lipinski definition) is 11.